The van der Waals surface area contributed by atoms with Gasteiger partial charge < -0.3 is 20.1 Å². The van der Waals surface area contributed by atoms with Crippen LogP contribution in [0, 0.1) is 0 Å². The Labute approximate surface area is 152 Å². The lowest BCUT2D eigenvalue weighted by Gasteiger charge is -2.28. The van der Waals surface area contributed by atoms with Crippen LogP contribution in [0.15, 0.2) is 47.7 Å². The lowest BCUT2D eigenvalue weighted by Crippen LogP contribution is -2.51. The molecular weight excluding hydrogens is 336 g/mol. The summed E-state index contributed by atoms with van der Waals surface area (Å²) in [5, 5.41) is 5.18. The molecule has 0 radical (unpaired) electrons. The minimum Gasteiger partial charge on any atom is -0.463 e. The monoisotopic (exact) mass is 358 g/mol. The van der Waals surface area contributed by atoms with E-state index >= 15 is 0 Å². The van der Waals surface area contributed by atoms with Gasteiger partial charge in [0.15, 0.2) is 0 Å². The molecule has 0 fully saturated rings. The molecule has 0 saturated heterocycles. The van der Waals surface area contributed by atoms with Gasteiger partial charge in [-0.15, -0.1) is 0 Å². The van der Waals surface area contributed by atoms with Gasteiger partial charge in [-0.1, -0.05) is 37.3 Å². The second-order valence-corrected chi connectivity index (χ2v) is 5.52. The second-order valence-electron chi connectivity index (χ2n) is 5.52. The highest BCUT2D eigenvalue weighted by Crippen LogP contribution is 2.17. The molecule has 2 rings (SSSR count). The van der Waals surface area contributed by atoms with Gasteiger partial charge >= 0.3 is 18.0 Å². The Balaban J connectivity index is 2.09. The molecule has 1 atom stereocenters. The average molecular weight is 358 g/mol. The maximum Gasteiger partial charge on any atom is 0.338 e. The summed E-state index contributed by atoms with van der Waals surface area (Å²) in [6.45, 7) is 3.51. The van der Waals surface area contributed by atoms with Crippen LogP contribution >= 0.6 is 0 Å². The number of hydrogen-bond donors (Lipinski definition) is 2. The van der Waals surface area contributed by atoms with Gasteiger partial charge in [0.1, 0.15) is 6.61 Å². The first kappa shape index (κ1) is 19.2. The fourth-order valence-corrected chi connectivity index (χ4v) is 2.50. The summed E-state index contributed by atoms with van der Waals surface area (Å²) in [5.74, 6) is -1.12. The minimum atomic E-state index is -0.578. The third kappa shape index (κ3) is 5.20. The Kier molecular flexibility index (Phi) is 6.96. The van der Waals surface area contributed by atoms with Crippen molar-refractivity contribution in [3.8, 4) is 0 Å². The Bertz CT molecular complexity index is 725. The highest BCUT2D eigenvalue weighted by Gasteiger charge is 2.31. The molecule has 0 unspecified atom stereocenters. The molecule has 0 spiro atoms. The highest BCUT2D eigenvalue weighted by atomic mass is 16.5. The maximum atomic E-state index is 12.2. The Morgan fingerprint density at radius 1 is 1.15 bits per heavy atom. The first-order valence-electron chi connectivity index (χ1n) is 8.42. The third-order valence-corrected chi connectivity index (χ3v) is 3.72. The molecule has 2 amide bonds. The van der Waals surface area contributed by atoms with Crippen LogP contribution < -0.4 is 10.6 Å². The summed E-state index contributed by atoms with van der Waals surface area (Å²) in [6, 6.07) is 8.36. The Morgan fingerprint density at radius 3 is 2.54 bits per heavy atom. The van der Waals surface area contributed by atoms with Crippen LogP contribution in [-0.2, 0) is 19.1 Å². The lowest BCUT2D eigenvalue weighted by molar-refractivity contribution is -0.140. The normalized spacial score (nSPS) is 16.8. The van der Waals surface area contributed by atoms with Crippen LogP contribution in [0.25, 0.3) is 6.08 Å². The van der Waals surface area contributed by atoms with E-state index < -0.39 is 24.0 Å². The largest absolute Gasteiger partial charge is 0.463 e. The number of esters is 2. The first-order valence-corrected chi connectivity index (χ1v) is 8.42. The van der Waals surface area contributed by atoms with E-state index in [2.05, 4.69) is 10.6 Å². The standard InChI is InChI=1S/C19H22N2O5/c1-3-14-17(18(23)25-4-2)15(21-19(24)20-14)12-26-16(22)11-10-13-8-6-5-7-9-13/h5-11,14H,3-4,12H2,1-2H3,(H2,20,21,24)/b11-10+/t14-/m0/s1. The number of benzene rings is 1. The quantitative estimate of drug-likeness (QED) is 0.575. The van der Waals surface area contributed by atoms with Gasteiger partial charge in [0.25, 0.3) is 0 Å². The van der Waals surface area contributed by atoms with E-state index in [1.807, 2.05) is 37.3 Å². The zero-order chi connectivity index (χ0) is 18.9. The van der Waals surface area contributed by atoms with Crippen molar-refractivity contribution in [2.45, 2.75) is 26.3 Å². The number of carbonyl (C=O) groups excluding carboxylic acids is 3. The van der Waals surface area contributed by atoms with Crippen molar-refractivity contribution in [1.29, 1.82) is 0 Å². The number of ether oxygens (including phenoxy) is 2. The number of amides is 2. The van der Waals surface area contributed by atoms with Crippen molar-refractivity contribution in [3.05, 3.63) is 53.2 Å². The fourth-order valence-electron chi connectivity index (χ4n) is 2.50. The summed E-state index contributed by atoms with van der Waals surface area (Å²) < 4.78 is 10.2. The van der Waals surface area contributed by atoms with Gasteiger partial charge in [0.2, 0.25) is 0 Å². The predicted molar refractivity (Wildman–Crippen MR) is 95.8 cm³/mol. The predicted octanol–water partition coefficient (Wildman–Crippen LogP) is 2.15. The second kappa shape index (κ2) is 9.41. The molecule has 0 aromatic heterocycles. The van der Waals surface area contributed by atoms with Crippen LogP contribution in [0.2, 0.25) is 0 Å². The average Bonchev–Trinajstić information content (AvgIpc) is 2.65. The Morgan fingerprint density at radius 2 is 1.88 bits per heavy atom. The van der Waals surface area contributed by atoms with E-state index in [-0.39, 0.29) is 24.5 Å². The van der Waals surface area contributed by atoms with E-state index in [1.54, 1.807) is 13.0 Å². The van der Waals surface area contributed by atoms with Crippen molar-refractivity contribution in [1.82, 2.24) is 10.6 Å². The van der Waals surface area contributed by atoms with Gasteiger partial charge in [-0.05, 0) is 25.0 Å². The summed E-state index contributed by atoms with van der Waals surface area (Å²) >= 11 is 0. The summed E-state index contributed by atoms with van der Waals surface area (Å²) in [5.41, 5.74) is 1.37. The number of urea groups is 1. The van der Waals surface area contributed by atoms with Gasteiger partial charge in [-0.3, -0.25) is 0 Å². The minimum absolute atomic E-state index is 0.208. The molecule has 7 nitrogen and oxygen atoms in total. The van der Waals surface area contributed by atoms with Crippen molar-refractivity contribution in [2.75, 3.05) is 13.2 Å². The molecule has 1 aliphatic heterocycles. The fraction of sp³-hybridized carbons (Fsp3) is 0.316. The van der Waals surface area contributed by atoms with E-state index in [1.165, 1.54) is 6.08 Å². The molecule has 1 aromatic rings. The van der Waals surface area contributed by atoms with Crippen molar-refractivity contribution < 1.29 is 23.9 Å². The van der Waals surface area contributed by atoms with E-state index in [0.717, 1.165) is 5.56 Å². The maximum absolute atomic E-state index is 12.2. The molecule has 0 bridgehead atoms. The summed E-state index contributed by atoms with van der Waals surface area (Å²) in [7, 11) is 0. The number of nitrogens with one attached hydrogen (secondary N) is 2. The smallest absolute Gasteiger partial charge is 0.338 e. The molecule has 0 saturated carbocycles. The van der Waals surface area contributed by atoms with Crippen LogP contribution in [0.3, 0.4) is 0 Å². The van der Waals surface area contributed by atoms with Crippen molar-refractivity contribution in [2.24, 2.45) is 0 Å². The highest BCUT2D eigenvalue weighted by molar-refractivity contribution is 5.95. The van der Waals surface area contributed by atoms with Gasteiger partial charge in [0.05, 0.1) is 23.9 Å². The summed E-state index contributed by atoms with van der Waals surface area (Å²) in [6.07, 6.45) is 3.42. The molecular formula is C19H22N2O5. The summed E-state index contributed by atoms with van der Waals surface area (Å²) in [4.78, 5) is 35.9. The molecule has 1 heterocycles. The third-order valence-electron chi connectivity index (χ3n) is 3.72. The first-order chi connectivity index (χ1) is 12.5. The van der Waals surface area contributed by atoms with Crippen LogP contribution in [-0.4, -0.2) is 37.2 Å². The zero-order valence-corrected chi connectivity index (χ0v) is 14.8. The van der Waals surface area contributed by atoms with Crippen LogP contribution in [0.5, 0.6) is 0 Å². The van der Waals surface area contributed by atoms with Crippen molar-refractivity contribution >= 4 is 24.0 Å². The molecule has 1 aliphatic rings. The van der Waals surface area contributed by atoms with Crippen LogP contribution in [0.4, 0.5) is 4.79 Å². The Hall–Kier alpha value is -3.09. The topological polar surface area (TPSA) is 93.7 Å². The zero-order valence-electron chi connectivity index (χ0n) is 14.8. The van der Waals surface area contributed by atoms with Gasteiger partial charge in [-0.25, -0.2) is 14.4 Å². The van der Waals surface area contributed by atoms with Crippen molar-refractivity contribution in [3.63, 3.8) is 0 Å². The molecule has 7 heteroatoms. The molecule has 1 aromatic carbocycles. The number of hydrogen-bond acceptors (Lipinski definition) is 5. The van der Waals surface area contributed by atoms with E-state index in [4.69, 9.17) is 9.47 Å². The molecule has 0 aliphatic carbocycles. The number of rotatable bonds is 7. The van der Waals surface area contributed by atoms with E-state index in [9.17, 15) is 14.4 Å². The van der Waals surface area contributed by atoms with Gasteiger partial charge in [-0.2, -0.15) is 0 Å². The lowest BCUT2D eigenvalue weighted by atomic mass is 10.0. The molecule has 2 N–H and O–H groups in total. The SMILES string of the molecule is CCOC(=O)C1=C(COC(=O)/C=C/c2ccccc2)NC(=O)N[C@H]1CC. The molecule has 26 heavy (non-hydrogen) atoms. The van der Waals surface area contributed by atoms with Gasteiger partial charge in [0, 0.05) is 6.08 Å². The molecule has 138 valence electrons. The number of carbonyl (C=O) groups is 3. The van der Waals surface area contributed by atoms with E-state index in [0.29, 0.717) is 6.42 Å². The van der Waals surface area contributed by atoms with Crippen LogP contribution in [0.1, 0.15) is 25.8 Å².